The van der Waals surface area contributed by atoms with Gasteiger partial charge in [-0.3, -0.25) is 9.59 Å². The van der Waals surface area contributed by atoms with E-state index in [0.29, 0.717) is 6.42 Å². The number of carbonyl (C=O) groups excluding carboxylic acids is 1. The summed E-state index contributed by atoms with van der Waals surface area (Å²) in [6.07, 6.45) is 16.0. The van der Waals surface area contributed by atoms with E-state index in [1.54, 1.807) is 0 Å². The number of ketones is 1. The van der Waals surface area contributed by atoms with Crippen molar-refractivity contribution < 1.29 is 14.7 Å². The first kappa shape index (κ1) is 22.2. The summed E-state index contributed by atoms with van der Waals surface area (Å²) in [5, 5.41) is 11.0. The Morgan fingerprint density at radius 1 is 1.04 bits per heavy atom. The Morgan fingerprint density at radius 2 is 1.65 bits per heavy atom. The minimum absolute atomic E-state index is 0.0111. The van der Waals surface area contributed by atoms with Crippen LogP contribution in [0.5, 0.6) is 0 Å². The topological polar surface area (TPSA) is 66.4 Å². The van der Waals surface area contributed by atoms with Crippen molar-refractivity contribution in [2.45, 2.75) is 76.4 Å². The summed E-state index contributed by atoms with van der Waals surface area (Å²) in [4.78, 5) is 21.9. The fourth-order valence-electron chi connectivity index (χ4n) is 2.33. The molecular formula is C18H33NO3S. The molecule has 0 radical (unpaired) electrons. The van der Waals surface area contributed by atoms with Gasteiger partial charge in [0.15, 0.2) is 0 Å². The van der Waals surface area contributed by atoms with Crippen LogP contribution in [0.1, 0.15) is 71.1 Å². The first-order chi connectivity index (χ1) is 11.1. The Balaban J connectivity index is 3.48. The number of hydrogen-bond donors (Lipinski definition) is 3. The van der Waals surface area contributed by atoms with E-state index in [4.69, 9.17) is 5.11 Å². The normalized spacial score (nSPS) is 12.6. The Bertz CT molecular complexity index is 345. The van der Waals surface area contributed by atoms with Gasteiger partial charge in [-0.05, 0) is 12.8 Å². The minimum Gasteiger partial charge on any atom is -0.480 e. The molecule has 0 amide bonds. The van der Waals surface area contributed by atoms with Gasteiger partial charge in [0.2, 0.25) is 0 Å². The predicted molar refractivity (Wildman–Crippen MR) is 99.3 cm³/mol. The molecule has 1 atom stereocenters. The lowest BCUT2D eigenvalue weighted by Crippen LogP contribution is -2.29. The van der Waals surface area contributed by atoms with Crippen molar-refractivity contribution in [2.24, 2.45) is 0 Å². The molecule has 0 fully saturated rings. The van der Waals surface area contributed by atoms with Crippen molar-refractivity contribution in [1.29, 1.82) is 0 Å². The maximum absolute atomic E-state index is 11.6. The third-order valence-electron chi connectivity index (χ3n) is 3.62. The maximum atomic E-state index is 11.6. The number of carboxylic acids is 1. The molecule has 134 valence electrons. The average Bonchev–Trinajstić information content (AvgIpc) is 2.48. The molecule has 0 aromatic heterocycles. The van der Waals surface area contributed by atoms with Crippen LogP contribution in [0.25, 0.3) is 0 Å². The van der Waals surface area contributed by atoms with Gasteiger partial charge in [-0.1, -0.05) is 64.0 Å². The van der Waals surface area contributed by atoms with Gasteiger partial charge in [-0.2, -0.15) is 12.6 Å². The molecular weight excluding hydrogens is 310 g/mol. The van der Waals surface area contributed by atoms with Crippen molar-refractivity contribution >= 4 is 24.4 Å². The van der Waals surface area contributed by atoms with Crippen LogP contribution in [0.4, 0.5) is 0 Å². The van der Waals surface area contributed by atoms with E-state index in [2.05, 4.69) is 30.9 Å². The Labute approximate surface area is 146 Å². The highest BCUT2D eigenvalue weighted by atomic mass is 32.1. The lowest BCUT2D eigenvalue weighted by Gasteiger charge is -2.05. The van der Waals surface area contributed by atoms with Gasteiger partial charge in [0, 0.05) is 11.7 Å². The number of allylic oxidation sites excluding steroid dienone is 1. The molecule has 2 N–H and O–H groups in total. The number of hydrogen-bond acceptors (Lipinski definition) is 4. The minimum atomic E-state index is -0.953. The summed E-state index contributed by atoms with van der Waals surface area (Å²) in [7, 11) is 0. The lowest BCUT2D eigenvalue weighted by atomic mass is 10.1. The lowest BCUT2D eigenvalue weighted by molar-refractivity contribution is -0.135. The van der Waals surface area contributed by atoms with Crippen LogP contribution in [-0.2, 0) is 9.59 Å². The molecule has 0 spiro atoms. The summed E-state index contributed by atoms with van der Waals surface area (Å²) < 4.78 is 0. The molecule has 0 aromatic carbocycles. The van der Waals surface area contributed by atoms with Gasteiger partial charge in [0.1, 0.15) is 5.78 Å². The van der Waals surface area contributed by atoms with Crippen LogP contribution in [0, 0.1) is 0 Å². The molecule has 0 bridgehead atoms. The highest BCUT2D eigenvalue weighted by Gasteiger charge is 2.07. The van der Waals surface area contributed by atoms with E-state index in [1.165, 1.54) is 51.4 Å². The molecule has 0 aliphatic rings. The molecule has 0 aliphatic carbocycles. The van der Waals surface area contributed by atoms with Crippen LogP contribution in [0.3, 0.4) is 0 Å². The van der Waals surface area contributed by atoms with Crippen molar-refractivity contribution in [2.75, 3.05) is 13.1 Å². The molecule has 0 aromatic rings. The number of rotatable bonds is 16. The first-order valence-electron chi connectivity index (χ1n) is 8.85. The number of carbonyl (C=O) groups is 2. The van der Waals surface area contributed by atoms with E-state index in [0.717, 1.165) is 6.42 Å². The molecule has 0 rings (SSSR count). The standard InChI is InChI=1S/C18H33NO3S/c1-2-3-4-5-6-7-8-9-10-11-12-17(23)13-16(20)14-19-15-18(21)22/h11-12,17,19,23H,2-10,13-15H2,1H3,(H,21,22)/b12-11+/t17-/m1/s1. The zero-order valence-corrected chi connectivity index (χ0v) is 15.3. The third kappa shape index (κ3) is 17.4. The van der Waals surface area contributed by atoms with Gasteiger partial charge >= 0.3 is 5.97 Å². The Hall–Kier alpha value is -0.810. The number of Topliss-reactive ketones (excluding diaryl/α,β-unsaturated/α-hetero) is 1. The molecule has 0 saturated carbocycles. The number of carboxylic acid groups (broad SMARTS) is 1. The van der Waals surface area contributed by atoms with Gasteiger partial charge in [0.05, 0.1) is 13.1 Å². The zero-order chi connectivity index (χ0) is 17.3. The molecule has 0 saturated heterocycles. The van der Waals surface area contributed by atoms with E-state index in [1.807, 2.05) is 6.08 Å². The summed E-state index contributed by atoms with van der Waals surface area (Å²) in [6.45, 7) is 2.15. The quantitative estimate of drug-likeness (QED) is 0.225. The van der Waals surface area contributed by atoms with Crippen molar-refractivity contribution in [3.63, 3.8) is 0 Å². The number of thiol groups is 1. The summed E-state index contributed by atoms with van der Waals surface area (Å²) in [5.74, 6) is -0.964. The second-order valence-electron chi connectivity index (χ2n) is 6.00. The van der Waals surface area contributed by atoms with Gasteiger partial charge in [-0.15, -0.1) is 0 Å². The molecule has 5 heteroatoms. The largest absolute Gasteiger partial charge is 0.480 e. The maximum Gasteiger partial charge on any atom is 0.317 e. The van der Waals surface area contributed by atoms with Crippen LogP contribution in [0.2, 0.25) is 0 Å². The fraction of sp³-hybridized carbons (Fsp3) is 0.778. The third-order valence-corrected chi connectivity index (χ3v) is 3.97. The predicted octanol–water partition coefficient (Wildman–Crippen LogP) is 4.01. The van der Waals surface area contributed by atoms with Crippen molar-refractivity contribution in [3.05, 3.63) is 12.2 Å². The smallest absolute Gasteiger partial charge is 0.317 e. The van der Waals surface area contributed by atoms with Crippen LogP contribution in [0.15, 0.2) is 12.2 Å². The monoisotopic (exact) mass is 343 g/mol. The molecule has 4 nitrogen and oxygen atoms in total. The molecule has 23 heavy (non-hydrogen) atoms. The number of unbranched alkanes of at least 4 members (excludes halogenated alkanes) is 8. The van der Waals surface area contributed by atoms with E-state index < -0.39 is 5.97 Å². The van der Waals surface area contributed by atoms with Gasteiger partial charge in [-0.25, -0.2) is 0 Å². The van der Waals surface area contributed by atoms with Crippen LogP contribution < -0.4 is 5.32 Å². The van der Waals surface area contributed by atoms with Gasteiger partial charge < -0.3 is 10.4 Å². The van der Waals surface area contributed by atoms with E-state index in [-0.39, 0.29) is 24.1 Å². The summed E-state index contributed by atoms with van der Waals surface area (Å²) in [6, 6.07) is 0. The van der Waals surface area contributed by atoms with E-state index >= 15 is 0 Å². The molecule has 0 heterocycles. The number of aliphatic carboxylic acids is 1. The van der Waals surface area contributed by atoms with Gasteiger partial charge in [0.25, 0.3) is 0 Å². The molecule has 0 aliphatic heterocycles. The zero-order valence-electron chi connectivity index (χ0n) is 14.4. The summed E-state index contributed by atoms with van der Waals surface area (Å²) in [5.41, 5.74) is 0. The van der Waals surface area contributed by atoms with Crippen molar-refractivity contribution in [1.82, 2.24) is 5.32 Å². The highest BCUT2D eigenvalue weighted by molar-refractivity contribution is 7.81. The first-order valence-corrected chi connectivity index (χ1v) is 9.36. The van der Waals surface area contributed by atoms with Crippen molar-refractivity contribution in [3.8, 4) is 0 Å². The SMILES string of the molecule is CCCCCCCCCC/C=C/[C@@H](S)CC(=O)CNCC(=O)O. The second kappa shape index (κ2) is 16.1. The second-order valence-corrected chi connectivity index (χ2v) is 6.66. The summed E-state index contributed by atoms with van der Waals surface area (Å²) >= 11 is 4.37. The highest BCUT2D eigenvalue weighted by Crippen LogP contribution is 2.11. The van der Waals surface area contributed by atoms with E-state index in [9.17, 15) is 9.59 Å². The average molecular weight is 344 g/mol. The van der Waals surface area contributed by atoms with Crippen LogP contribution in [-0.4, -0.2) is 35.2 Å². The Kier molecular flexibility index (Phi) is 15.5. The number of nitrogens with one attached hydrogen (secondary N) is 1. The fourth-order valence-corrected chi connectivity index (χ4v) is 2.66. The molecule has 0 unspecified atom stereocenters. The van der Waals surface area contributed by atoms with Crippen LogP contribution >= 0.6 is 12.6 Å². The Morgan fingerprint density at radius 3 is 2.26 bits per heavy atom.